The summed E-state index contributed by atoms with van der Waals surface area (Å²) in [5, 5.41) is 1.19. The molecule has 0 bridgehead atoms. The molecule has 1 aromatic carbocycles. The maximum Gasteiger partial charge on any atom is 0.171 e. The quantitative estimate of drug-likeness (QED) is 0.736. The lowest BCUT2D eigenvalue weighted by Gasteiger charge is -2.18. The summed E-state index contributed by atoms with van der Waals surface area (Å²) < 4.78 is 1.99. The summed E-state index contributed by atoms with van der Waals surface area (Å²) in [6.45, 7) is 0. The molecule has 0 fully saturated rings. The van der Waals surface area contributed by atoms with Crippen molar-refractivity contribution in [1.82, 2.24) is 4.57 Å². The lowest BCUT2D eigenvalue weighted by atomic mass is 9.91. The maximum absolute atomic E-state index is 12.5. The van der Waals surface area contributed by atoms with Gasteiger partial charge in [0.05, 0.1) is 5.92 Å². The van der Waals surface area contributed by atoms with Crippen molar-refractivity contribution in [3.63, 3.8) is 0 Å². The summed E-state index contributed by atoms with van der Waals surface area (Å²) in [6.07, 6.45) is 7.83. The largest absolute Gasteiger partial charge is 0.324 e. The highest BCUT2D eigenvalue weighted by atomic mass is 35.5. The molecule has 21 heavy (non-hydrogen) atoms. The normalized spacial score (nSPS) is 18.1. The third-order valence-corrected chi connectivity index (χ3v) is 4.20. The Kier molecular flexibility index (Phi) is 4.00. The number of nitrogens with zero attached hydrogens (tertiary/aromatic N) is 1. The van der Waals surface area contributed by atoms with Crippen LogP contribution in [0.3, 0.4) is 0 Å². The molecule has 0 saturated carbocycles. The average molecular weight is 318 g/mol. The predicted octanol–water partition coefficient (Wildman–Crippen LogP) is 4.93. The standard InChI is InChI=1S/C17H13Cl2NO/c18-13-5-8-16(19)15(11-13)17(21)12-3-6-14(7-4-12)20-9-1-2-10-20/h1-10,15H,11H2. The fourth-order valence-electron chi connectivity index (χ4n) is 2.37. The van der Waals surface area contributed by atoms with E-state index in [1.54, 1.807) is 12.2 Å². The molecule has 0 N–H and O–H groups in total. The topological polar surface area (TPSA) is 22.0 Å². The Labute approximate surface area is 133 Å². The Morgan fingerprint density at radius 1 is 1.05 bits per heavy atom. The van der Waals surface area contributed by atoms with Crippen molar-refractivity contribution < 1.29 is 4.79 Å². The van der Waals surface area contributed by atoms with Gasteiger partial charge in [-0.05, 0) is 55.0 Å². The number of hydrogen-bond acceptors (Lipinski definition) is 1. The molecule has 1 unspecified atom stereocenters. The van der Waals surface area contributed by atoms with Crippen molar-refractivity contribution >= 4 is 29.0 Å². The number of rotatable bonds is 3. The van der Waals surface area contributed by atoms with Gasteiger partial charge >= 0.3 is 0 Å². The lowest BCUT2D eigenvalue weighted by Crippen LogP contribution is -2.17. The first kappa shape index (κ1) is 14.2. The molecule has 1 aromatic heterocycles. The first-order valence-electron chi connectivity index (χ1n) is 6.64. The molecule has 106 valence electrons. The molecule has 1 aliphatic carbocycles. The van der Waals surface area contributed by atoms with Crippen molar-refractivity contribution in [2.24, 2.45) is 5.92 Å². The number of aromatic nitrogens is 1. The number of carbonyl (C=O) groups excluding carboxylic acids is 1. The predicted molar refractivity (Wildman–Crippen MR) is 86.1 cm³/mol. The van der Waals surface area contributed by atoms with E-state index in [4.69, 9.17) is 23.2 Å². The summed E-state index contributed by atoms with van der Waals surface area (Å²) >= 11 is 12.1. The highest BCUT2D eigenvalue weighted by Crippen LogP contribution is 2.32. The van der Waals surface area contributed by atoms with Crippen LogP contribution in [0.25, 0.3) is 5.69 Å². The second kappa shape index (κ2) is 5.92. The van der Waals surface area contributed by atoms with E-state index in [1.165, 1.54) is 0 Å². The van der Waals surface area contributed by atoms with E-state index in [0.29, 0.717) is 22.0 Å². The Morgan fingerprint density at radius 3 is 2.38 bits per heavy atom. The van der Waals surface area contributed by atoms with Crippen LogP contribution in [0.5, 0.6) is 0 Å². The maximum atomic E-state index is 12.5. The number of carbonyl (C=O) groups is 1. The minimum absolute atomic E-state index is 0.00144. The van der Waals surface area contributed by atoms with E-state index in [-0.39, 0.29) is 11.7 Å². The van der Waals surface area contributed by atoms with Gasteiger partial charge < -0.3 is 4.57 Å². The molecule has 0 spiro atoms. The molecule has 1 heterocycles. The van der Waals surface area contributed by atoms with Crippen molar-refractivity contribution in [3.05, 3.63) is 76.6 Å². The molecule has 0 radical (unpaired) electrons. The molecular weight excluding hydrogens is 305 g/mol. The number of Topliss-reactive ketones (excluding diaryl/α,β-unsaturated/α-hetero) is 1. The van der Waals surface area contributed by atoms with E-state index in [2.05, 4.69) is 0 Å². The summed E-state index contributed by atoms with van der Waals surface area (Å²) in [4.78, 5) is 12.5. The first-order valence-corrected chi connectivity index (χ1v) is 7.40. The Bertz CT molecular complexity index is 712. The van der Waals surface area contributed by atoms with Gasteiger partial charge in [0.15, 0.2) is 5.78 Å². The Balaban J connectivity index is 1.83. The van der Waals surface area contributed by atoms with Crippen LogP contribution in [0.1, 0.15) is 16.8 Å². The molecule has 0 aliphatic heterocycles. The molecule has 2 nitrogen and oxygen atoms in total. The third kappa shape index (κ3) is 2.97. The van der Waals surface area contributed by atoms with Crippen LogP contribution in [-0.2, 0) is 0 Å². The Hall–Kier alpha value is -1.77. The minimum Gasteiger partial charge on any atom is -0.324 e. The van der Waals surface area contributed by atoms with Crippen LogP contribution in [0.15, 0.2) is 71.0 Å². The number of halogens is 2. The summed E-state index contributed by atoms with van der Waals surface area (Å²) in [6, 6.07) is 11.4. The SMILES string of the molecule is O=C(c1ccc(-n2cccc2)cc1)C1CC(Cl)=CC=C1Cl. The monoisotopic (exact) mass is 317 g/mol. The van der Waals surface area contributed by atoms with E-state index in [0.717, 1.165) is 5.69 Å². The molecule has 0 amide bonds. The summed E-state index contributed by atoms with van der Waals surface area (Å²) in [7, 11) is 0. The zero-order valence-corrected chi connectivity index (χ0v) is 12.7. The van der Waals surface area contributed by atoms with Crippen LogP contribution in [0.4, 0.5) is 0 Å². The van der Waals surface area contributed by atoms with Crippen molar-refractivity contribution in [3.8, 4) is 5.69 Å². The van der Waals surface area contributed by atoms with Gasteiger partial charge in [0, 0.05) is 33.7 Å². The first-order chi connectivity index (χ1) is 10.1. The molecule has 0 saturated heterocycles. The van der Waals surface area contributed by atoms with Crippen LogP contribution in [0, 0.1) is 5.92 Å². The summed E-state index contributed by atoms with van der Waals surface area (Å²) in [5.41, 5.74) is 1.66. The van der Waals surface area contributed by atoms with Gasteiger partial charge in [0.25, 0.3) is 0 Å². The van der Waals surface area contributed by atoms with Crippen LogP contribution in [-0.4, -0.2) is 10.4 Å². The van der Waals surface area contributed by atoms with E-state index in [1.807, 2.05) is 53.4 Å². The third-order valence-electron chi connectivity index (χ3n) is 3.53. The Morgan fingerprint density at radius 2 is 1.71 bits per heavy atom. The number of benzene rings is 1. The van der Waals surface area contributed by atoms with E-state index >= 15 is 0 Å². The van der Waals surface area contributed by atoms with Crippen LogP contribution < -0.4 is 0 Å². The van der Waals surface area contributed by atoms with Crippen LogP contribution in [0.2, 0.25) is 0 Å². The smallest absolute Gasteiger partial charge is 0.171 e. The zero-order chi connectivity index (χ0) is 14.8. The van der Waals surface area contributed by atoms with Crippen LogP contribution >= 0.6 is 23.2 Å². The fraction of sp³-hybridized carbons (Fsp3) is 0.118. The number of allylic oxidation sites excluding steroid dienone is 4. The highest BCUT2D eigenvalue weighted by Gasteiger charge is 2.25. The van der Waals surface area contributed by atoms with Gasteiger partial charge in [0.2, 0.25) is 0 Å². The van der Waals surface area contributed by atoms with Crippen molar-refractivity contribution in [1.29, 1.82) is 0 Å². The zero-order valence-electron chi connectivity index (χ0n) is 11.2. The lowest BCUT2D eigenvalue weighted by molar-refractivity contribution is 0.0943. The molecule has 2 aromatic rings. The van der Waals surface area contributed by atoms with Gasteiger partial charge in [0.1, 0.15) is 0 Å². The average Bonchev–Trinajstić information content (AvgIpc) is 3.03. The minimum atomic E-state index is -0.374. The second-order valence-electron chi connectivity index (χ2n) is 4.92. The molecule has 4 heteroatoms. The van der Waals surface area contributed by atoms with Crippen molar-refractivity contribution in [2.45, 2.75) is 6.42 Å². The van der Waals surface area contributed by atoms with E-state index < -0.39 is 0 Å². The summed E-state index contributed by atoms with van der Waals surface area (Å²) in [5.74, 6) is -0.372. The second-order valence-corrected chi connectivity index (χ2v) is 5.85. The van der Waals surface area contributed by atoms with Crippen molar-refractivity contribution in [2.75, 3.05) is 0 Å². The molecule has 3 rings (SSSR count). The van der Waals surface area contributed by atoms with E-state index in [9.17, 15) is 4.79 Å². The number of hydrogen-bond donors (Lipinski definition) is 0. The fourth-order valence-corrected chi connectivity index (χ4v) is 2.83. The molecular formula is C17H13Cl2NO. The van der Waals surface area contributed by atoms with Gasteiger partial charge in [-0.1, -0.05) is 23.2 Å². The molecule has 1 atom stereocenters. The molecule has 1 aliphatic rings. The highest BCUT2D eigenvalue weighted by molar-refractivity contribution is 6.34. The van der Waals surface area contributed by atoms with Gasteiger partial charge in [-0.2, -0.15) is 0 Å². The number of ketones is 1. The van der Waals surface area contributed by atoms with Gasteiger partial charge in [-0.3, -0.25) is 4.79 Å². The van der Waals surface area contributed by atoms with Gasteiger partial charge in [-0.25, -0.2) is 0 Å². The van der Waals surface area contributed by atoms with Gasteiger partial charge in [-0.15, -0.1) is 0 Å².